The monoisotopic (exact) mass is 264 g/mol. The van der Waals surface area contributed by atoms with E-state index >= 15 is 0 Å². The minimum Gasteiger partial charge on any atom is -0.497 e. The first-order chi connectivity index (χ1) is 9.13. The number of rotatable bonds is 4. The van der Waals surface area contributed by atoms with Crippen molar-refractivity contribution in [1.29, 1.82) is 0 Å². The van der Waals surface area contributed by atoms with Gasteiger partial charge in [-0.15, -0.1) is 0 Å². The molecule has 1 aliphatic heterocycles. The summed E-state index contributed by atoms with van der Waals surface area (Å²) in [6.45, 7) is 0.378. The van der Waals surface area contributed by atoms with Gasteiger partial charge >= 0.3 is 0 Å². The predicted octanol–water partition coefficient (Wildman–Crippen LogP) is 0.778. The van der Waals surface area contributed by atoms with Crippen molar-refractivity contribution in [2.75, 3.05) is 26.1 Å². The average Bonchev–Trinajstić information content (AvgIpc) is 2.86. The van der Waals surface area contributed by atoms with Crippen LogP contribution in [0.1, 0.15) is 6.42 Å². The Morgan fingerprint density at radius 2 is 2.16 bits per heavy atom. The minimum atomic E-state index is -0.334. The third kappa shape index (κ3) is 2.96. The van der Waals surface area contributed by atoms with Crippen LogP contribution in [0.4, 0.5) is 5.69 Å². The van der Waals surface area contributed by atoms with Crippen molar-refractivity contribution in [3.63, 3.8) is 0 Å². The molecule has 2 amide bonds. The number of nitrogens with one attached hydrogen (secondary N) is 2. The van der Waals surface area contributed by atoms with Crippen LogP contribution in [0.5, 0.6) is 11.5 Å². The van der Waals surface area contributed by atoms with Gasteiger partial charge < -0.3 is 20.1 Å². The highest BCUT2D eigenvalue weighted by molar-refractivity contribution is 5.98. The van der Waals surface area contributed by atoms with Crippen molar-refractivity contribution < 1.29 is 19.1 Å². The molecule has 0 aliphatic carbocycles. The predicted molar refractivity (Wildman–Crippen MR) is 69.3 cm³/mol. The second kappa shape index (κ2) is 5.60. The number of hydrogen-bond donors (Lipinski definition) is 2. The number of benzene rings is 1. The molecule has 0 spiro atoms. The molecular formula is C13H16N2O4. The lowest BCUT2D eigenvalue weighted by Gasteiger charge is -2.13. The quantitative estimate of drug-likeness (QED) is 0.842. The average molecular weight is 264 g/mol. The highest BCUT2D eigenvalue weighted by Crippen LogP contribution is 2.29. The summed E-state index contributed by atoms with van der Waals surface area (Å²) in [4.78, 5) is 23.1. The number of methoxy groups -OCH3 is 2. The lowest BCUT2D eigenvalue weighted by atomic mass is 10.1. The molecule has 0 bridgehead atoms. The first-order valence-electron chi connectivity index (χ1n) is 5.93. The van der Waals surface area contributed by atoms with Crippen molar-refractivity contribution in [1.82, 2.24) is 5.32 Å². The number of carbonyl (C=O) groups excluding carboxylic acids is 2. The van der Waals surface area contributed by atoms with Crippen LogP contribution in [0.3, 0.4) is 0 Å². The van der Waals surface area contributed by atoms with Crippen LogP contribution in [0.2, 0.25) is 0 Å². The molecule has 0 aromatic heterocycles. The van der Waals surface area contributed by atoms with E-state index in [-0.39, 0.29) is 24.2 Å². The van der Waals surface area contributed by atoms with Gasteiger partial charge in [0.1, 0.15) is 11.5 Å². The van der Waals surface area contributed by atoms with Crippen LogP contribution >= 0.6 is 0 Å². The maximum absolute atomic E-state index is 12.0. The van der Waals surface area contributed by atoms with E-state index in [4.69, 9.17) is 9.47 Å². The zero-order valence-corrected chi connectivity index (χ0v) is 10.9. The number of hydrogen-bond acceptors (Lipinski definition) is 4. The molecule has 6 nitrogen and oxygen atoms in total. The first kappa shape index (κ1) is 13.2. The Hall–Kier alpha value is -2.24. The molecule has 0 saturated carbocycles. The van der Waals surface area contributed by atoms with Gasteiger partial charge in [0.2, 0.25) is 11.8 Å². The maximum Gasteiger partial charge on any atom is 0.229 e. The lowest BCUT2D eigenvalue weighted by molar-refractivity contribution is -0.123. The van der Waals surface area contributed by atoms with Crippen LogP contribution in [-0.4, -0.2) is 32.6 Å². The number of ether oxygens (including phenoxy) is 2. The highest BCUT2D eigenvalue weighted by Gasteiger charge is 2.28. The van der Waals surface area contributed by atoms with E-state index in [1.54, 1.807) is 25.3 Å². The van der Waals surface area contributed by atoms with Gasteiger partial charge in [0.25, 0.3) is 0 Å². The van der Waals surface area contributed by atoms with Crippen molar-refractivity contribution in [3.05, 3.63) is 18.2 Å². The van der Waals surface area contributed by atoms with Gasteiger partial charge in [-0.2, -0.15) is 0 Å². The highest BCUT2D eigenvalue weighted by atomic mass is 16.5. The van der Waals surface area contributed by atoms with Gasteiger partial charge in [-0.3, -0.25) is 9.59 Å². The van der Waals surface area contributed by atoms with Crippen molar-refractivity contribution in [2.24, 2.45) is 5.92 Å². The molecule has 1 fully saturated rings. The maximum atomic E-state index is 12.0. The Balaban J connectivity index is 2.10. The van der Waals surface area contributed by atoms with E-state index in [2.05, 4.69) is 10.6 Å². The second-order valence-corrected chi connectivity index (χ2v) is 4.26. The minimum absolute atomic E-state index is 0.0955. The van der Waals surface area contributed by atoms with Crippen LogP contribution in [-0.2, 0) is 9.59 Å². The Kier molecular flexibility index (Phi) is 3.89. The van der Waals surface area contributed by atoms with Crippen molar-refractivity contribution >= 4 is 17.5 Å². The number of carbonyl (C=O) groups is 2. The van der Waals surface area contributed by atoms with Crippen LogP contribution in [0, 0.1) is 5.92 Å². The molecule has 1 aromatic rings. The molecule has 1 heterocycles. The molecular weight excluding hydrogens is 248 g/mol. The van der Waals surface area contributed by atoms with E-state index in [0.29, 0.717) is 23.7 Å². The van der Waals surface area contributed by atoms with E-state index in [0.717, 1.165) is 0 Å². The van der Waals surface area contributed by atoms with Gasteiger partial charge in [-0.05, 0) is 12.1 Å². The van der Waals surface area contributed by atoms with Gasteiger partial charge in [-0.1, -0.05) is 0 Å². The molecule has 1 aliphatic rings. The van der Waals surface area contributed by atoms with Crippen LogP contribution in [0.15, 0.2) is 18.2 Å². The third-order valence-electron chi connectivity index (χ3n) is 3.01. The molecule has 1 aromatic carbocycles. The van der Waals surface area contributed by atoms with E-state index < -0.39 is 0 Å². The fourth-order valence-electron chi connectivity index (χ4n) is 1.93. The van der Waals surface area contributed by atoms with Crippen LogP contribution in [0.25, 0.3) is 0 Å². The second-order valence-electron chi connectivity index (χ2n) is 4.26. The molecule has 1 saturated heterocycles. The van der Waals surface area contributed by atoms with Crippen molar-refractivity contribution in [2.45, 2.75) is 6.42 Å². The smallest absolute Gasteiger partial charge is 0.229 e. The molecule has 102 valence electrons. The summed E-state index contributed by atoms with van der Waals surface area (Å²) in [6, 6.07) is 5.13. The Labute approximate surface area is 111 Å². The molecule has 2 rings (SSSR count). The fourth-order valence-corrected chi connectivity index (χ4v) is 1.93. The summed E-state index contributed by atoms with van der Waals surface area (Å²) in [7, 11) is 3.08. The molecule has 6 heteroatoms. The summed E-state index contributed by atoms with van der Waals surface area (Å²) in [5.74, 6) is 0.542. The topological polar surface area (TPSA) is 76.7 Å². The van der Waals surface area contributed by atoms with E-state index in [1.165, 1.54) is 7.11 Å². The van der Waals surface area contributed by atoms with Crippen LogP contribution < -0.4 is 20.1 Å². The fraction of sp³-hybridized carbons (Fsp3) is 0.385. The third-order valence-corrected chi connectivity index (χ3v) is 3.01. The summed E-state index contributed by atoms with van der Waals surface area (Å²) >= 11 is 0. The zero-order valence-electron chi connectivity index (χ0n) is 10.9. The summed E-state index contributed by atoms with van der Waals surface area (Å²) in [5.41, 5.74) is 0.563. The Morgan fingerprint density at radius 1 is 1.37 bits per heavy atom. The molecule has 2 N–H and O–H groups in total. The number of anilines is 1. The number of amides is 2. The largest absolute Gasteiger partial charge is 0.497 e. The lowest BCUT2D eigenvalue weighted by Crippen LogP contribution is -2.24. The Bertz CT molecular complexity index is 501. The van der Waals surface area contributed by atoms with Gasteiger partial charge in [0.05, 0.1) is 25.8 Å². The summed E-state index contributed by atoms with van der Waals surface area (Å²) in [5, 5.41) is 5.40. The Morgan fingerprint density at radius 3 is 2.74 bits per heavy atom. The molecule has 0 radical (unpaired) electrons. The van der Waals surface area contributed by atoms with E-state index in [1.807, 2.05) is 0 Å². The standard InChI is InChI=1S/C13H16N2O4/c1-18-9-3-4-10(11(6-9)19-2)15-13(17)8-5-12(16)14-7-8/h3-4,6,8H,5,7H2,1-2H3,(H,14,16)(H,15,17). The first-order valence-corrected chi connectivity index (χ1v) is 5.93. The molecule has 1 unspecified atom stereocenters. The van der Waals surface area contributed by atoms with Gasteiger partial charge in [0.15, 0.2) is 0 Å². The normalized spacial score (nSPS) is 17.8. The summed E-state index contributed by atoms with van der Waals surface area (Å²) in [6.07, 6.45) is 0.226. The zero-order chi connectivity index (χ0) is 13.8. The van der Waals surface area contributed by atoms with Gasteiger partial charge in [0, 0.05) is 19.0 Å². The molecule has 19 heavy (non-hydrogen) atoms. The SMILES string of the molecule is COc1ccc(NC(=O)C2CNC(=O)C2)c(OC)c1. The summed E-state index contributed by atoms with van der Waals surface area (Å²) < 4.78 is 10.3. The van der Waals surface area contributed by atoms with Crippen molar-refractivity contribution in [3.8, 4) is 11.5 Å². The van der Waals surface area contributed by atoms with Gasteiger partial charge in [-0.25, -0.2) is 0 Å². The van der Waals surface area contributed by atoms with E-state index in [9.17, 15) is 9.59 Å². The molecule has 1 atom stereocenters.